The zero-order chi connectivity index (χ0) is 16.8. The largest absolute Gasteiger partial charge is 0.454 e. The van der Waals surface area contributed by atoms with Crippen molar-refractivity contribution in [3.05, 3.63) is 59.1 Å². The molecule has 0 saturated carbocycles. The molecule has 0 bridgehead atoms. The van der Waals surface area contributed by atoms with Crippen molar-refractivity contribution in [1.29, 1.82) is 0 Å². The monoisotopic (exact) mass is 361 g/mol. The van der Waals surface area contributed by atoms with Crippen LogP contribution in [0.3, 0.4) is 0 Å². The van der Waals surface area contributed by atoms with Gasteiger partial charge in [-0.05, 0) is 48.0 Å². The van der Waals surface area contributed by atoms with Gasteiger partial charge in [-0.2, -0.15) is 0 Å². The van der Waals surface area contributed by atoms with E-state index < -0.39 is 0 Å². The van der Waals surface area contributed by atoms with Crippen LogP contribution < -0.4 is 14.8 Å². The maximum atomic E-state index is 11.8. The highest BCUT2D eigenvalue weighted by Gasteiger charge is 2.12. The summed E-state index contributed by atoms with van der Waals surface area (Å²) in [5, 5.41) is 3.58. The molecule has 0 saturated heterocycles. The van der Waals surface area contributed by atoms with Crippen LogP contribution in [-0.4, -0.2) is 25.0 Å². The van der Waals surface area contributed by atoms with Crippen LogP contribution in [0.15, 0.2) is 53.4 Å². The molecule has 1 aliphatic heterocycles. The Hall–Kier alpha value is -2.11. The maximum Gasteiger partial charge on any atom is 0.244 e. The molecule has 4 nitrogen and oxygen atoms in total. The van der Waals surface area contributed by atoms with Crippen molar-refractivity contribution in [2.45, 2.75) is 4.90 Å². The minimum Gasteiger partial charge on any atom is -0.454 e. The van der Waals surface area contributed by atoms with Gasteiger partial charge in [0.15, 0.2) is 11.5 Å². The SMILES string of the molecule is O=C(C=Cc1ccc2c(c1)OCO2)NCCSc1ccc(Cl)cc1. The second kappa shape index (κ2) is 8.13. The quantitative estimate of drug-likeness (QED) is 0.480. The number of nitrogens with one attached hydrogen (secondary N) is 1. The molecule has 0 atom stereocenters. The molecule has 0 radical (unpaired) electrons. The Kier molecular flexibility index (Phi) is 5.67. The molecule has 0 spiro atoms. The Bertz CT molecular complexity index is 746. The van der Waals surface area contributed by atoms with E-state index in [2.05, 4.69) is 5.32 Å². The number of carbonyl (C=O) groups excluding carboxylic acids is 1. The van der Waals surface area contributed by atoms with Gasteiger partial charge in [0.2, 0.25) is 12.7 Å². The molecule has 1 aliphatic rings. The highest BCUT2D eigenvalue weighted by Crippen LogP contribution is 2.32. The summed E-state index contributed by atoms with van der Waals surface area (Å²) in [5.74, 6) is 2.11. The third kappa shape index (κ3) is 4.69. The minimum absolute atomic E-state index is 0.121. The van der Waals surface area contributed by atoms with Crippen LogP contribution in [0.2, 0.25) is 5.02 Å². The third-order valence-electron chi connectivity index (χ3n) is 3.31. The number of ether oxygens (including phenoxy) is 2. The van der Waals surface area contributed by atoms with E-state index in [1.54, 1.807) is 17.8 Å². The van der Waals surface area contributed by atoms with Crippen LogP contribution in [-0.2, 0) is 4.79 Å². The Morgan fingerprint density at radius 2 is 1.96 bits per heavy atom. The fourth-order valence-corrected chi connectivity index (χ4v) is 3.02. The van der Waals surface area contributed by atoms with Crippen molar-refractivity contribution >= 4 is 35.3 Å². The second-order valence-corrected chi connectivity index (χ2v) is 6.64. The van der Waals surface area contributed by atoms with Crippen molar-refractivity contribution in [2.75, 3.05) is 19.1 Å². The fourth-order valence-electron chi connectivity index (χ4n) is 2.12. The number of halogens is 1. The first-order valence-electron chi connectivity index (χ1n) is 7.45. The summed E-state index contributed by atoms with van der Waals surface area (Å²) in [7, 11) is 0. The summed E-state index contributed by atoms with van der Waals surface area (Å²) in [6.45, 7) is 0.839. The molecule has 1 N–H and O–H groups in total. The van der Waals surface area contributed by atoms with Crippen molar-refractivity contribution < 1.29 is 14.3 Å². The van der Waals surface area contributed by atoms with E-state index in [0.29, 0.717) is 12.3 Å². The predicted molar refractivity (Wildman–Crippen MR) is 96.8 cm³/mol. The van der Waals surface area contributed by atoms with Crippen LogP contribution in [0.1, 0.15) is 5.56 Å². The van der Waals surface area contributed by atoms with Gasteiger partial charge in [-0.15, -0.1) is 11.8 Å². The van der Waals surface area contributed by atoms with E-state index in [1.807, 2.05) is 42.5 Å². The Balaban J connectivity index is 1.41. The molecule has 0 aromatic heterocycles. The van der Waals surface area contributed by atoms with Gasteiger partial charge in [-0.1, -0.05) is 17.7 Å². The van der Waals surface area contributed by atoms with E-state index in [1.165, 1.54) is 6.08 Å². The van der Waals surface area contributed by atoms with Gasteiger partial charge in [0.05, 0.1) is 0 Å². The molecule has 6 heteroatoms. The van der Waals surface area contributed by atoms with Crippen LogP contribution in [0.5, 0.6) is 11.5 Å². The molecule has 1 amide bonds. The number of hydrogen-bond acceptors (Lipinski definition) is 4. The lowest BCUT2D eigenvalue weighted by atomic mass is 10.2. The topological polar surface area (TPSA) is 47.6 Å². The van der Waals surface area contributed by atoms with E-state index in [9.17, 15) is 4.79 Å². The number of fused-ring (bicyclic) bond motifs is 1. The fraction of sp³-hybridized carbons (Fsp3) is 0.167. The van der Waals surface area contributed by atoms with Crippen LogP contribution in [0.25, 0.3) is 6.08 Å². The number of hydrogen-bond donors (Lipinski definition) is 1. The molecule has 0 fully saturated rings. The van der Waals surface area contributed by atoms with Gasteiger partial charge in [0.1, 0.15) is 0 Å². The van der Waals surface area contributed by atoms with Gasteiger partial charge in [-0.25, -0.2) is 0 Å². The lowest BCUT2D eigenvalue weighted by Crippen LogP contribution is -2.23. The molecule has 2 aromatic carbocycles. The third-order valence-corrected chi connectivity index (χ3v) is 4.57. The van der Waals surface area contributed by atoms with E-state index >= 15 is 0 Å². The Morgan fingerprint density at radius 3 is 2.79 bits per heavy atom. The van der Waals surface area contributed by atoms with E-state index in [0.717, 1.165) is 27.0 Å². The highest BCUT2D eigenvalue weighted by atomic mass is 35.5. The number of rotatable bonds is 6. The number of carbonyl (C=O) groups is 1. The lowest BCUT2D eigenvalue weighted by Gasteiger charge is -2.03. The summed E-state index contributed by atoms with van der Waals surface area (Å²) in [6.07, 6.45) is 3.27. The maximum absolute atomic E-state index is 11.8. The average Bonchev–Trinajstić information content (AvgIpc) is 3.06. The van der Waals surface area contributed by atoms with Crippen molar-refractivity contribution in [3.8, 4) is 11.5 Å². The molecular weight excluding hydrogens is 346 g/mol. The smallest absolute Gasteiger partial charge is 0.244 e. The molecular formula is C18H16ClNO3S. The van der Waals surface area contributed by atoms with E-state index in [4.69, 9.17) is 21.1 Å². The Labute approximate surface area is 149 Å². The molecule has 124 valence electrons. The first-order valence-corrected chi connectivity index (χ1v) is 8.81. The summed E-state index contributed by atoms with van der Waals surface area (Å²) in [6, 6.07) is 13.2. The average molecular weight is 362 g/mol. The van der Waals surface area contributed by atoms with Crippen LogP contribution in [0, 0.1) is 0 Å². The summed E-state index contributed by atoms with van der Waals surface area (Å²) >= 11 is 7.51. The van der Waals surface area contributed by atoms with Gasteiger partial charge in [0, 0.05) is 28.3 Å². The Morgan fingerprint density at radius 1 is 1.17 bits per heavy atom. The first kappa shape index (κ1) is 16.7. The van der Waals surface area contributed by atoms with E-state index in [-0.39, 0.29) is 12.7 Å². The van der Waals surface area contributed by atoms with Gasteiger partial charge in [-0.3, -0.25) is 4.79 Å². The van der Waals surface area contributed by atoms with Crippen molar-refractivity contribution in [3.63, 3.8) is 0 Å². The number of thioether (sulfide) groups is 1. The molecule has 0 unspecified atom stereocenters. The molecule has 0 aliphatic carbocycles. The minimum atomic E-state index is -0.121. The van der Waals surface area contributed by atoms with Gasteiger partial charge >= 0.3 is 0 Å². The first-order chi connectivity index (χ1) is 11.7. The predicted octanol–water partition coefficient (Wildman–Crippen LogP) is 3.99. The molecule has 1 heterocycles. The zero-order valence-corrected chi connectivity index (χ0v) is 14.4. The standard InChI is InChI=1S/C18H16ClNO3S/c19-14-3-5-15(6-4-14)24-10-9-20-18(21)8-2-13-1-7-16-17(11-13)23-12-22-16/h1-8,11H,9-10,12H2,(H,20,21). The van der Waals surface area contributed by atoms with Crippen LogP contribution in [0.4, 0.5) is 0 Å². The highest BCUT2D eigenvalue weighted by molar-refractivity contribution is 7.99. The number of amides is 1. The van der Waals surface area contributed by atoms with Crippen LogP contribution >= 0.6 is 23.4 Å². The van der Waals surface area contributed by atoms with Crippen molar-refractivity contribution in [1.82, 2.24) is 5.32 Å². The number of benzene rings is 2. The summed E-state index contributed by atoms with van der Waals surface area (Å²) in [5.41, 5.74) is 0.893. The van der Waals surface area contributed by atoms with Gasteiger partial charge < -0.3 is 14.8 Å². The van der Waals surface area contributed by atoms with Crippen molar-refractivity contribution in [2.24, 2.45) is 0 Å². The zero-order valence-electron chi connectivity index (χ0n) is 12.8. The molecule has 3 rings (SSSR count). The summed E-state index contributed by atoms with van der Waals surface area (Å²) < 4.78 is 10.6. The molecule has 2 aromatic rings. The second-order valence-electron chi connectivity index (χ2n) is 5.04. The van der Waals surface area contributed by atoms with Gasteiger partial charge in [0.25, 0.3) is 0 Å². The lowest BCUT2D eigenvalue weighted by molar-refractivity contribution is -0.116. The molecule has 24 heavy (non-hydrogen) atoms. The normalized spacial score (nSPS) is 12.5. The summed E-state index contributed by atoms with van der Waals surface area (Å²) in [4.78, 5) is 13.0.